The standard InChI is InChI=1S/C21H17N/c1-15(18-12-6-9-16-7-2-4-10-19(16)18)21-20-11-5-3-8-17(20)13-14-22-21/h2-15H,1H3. The summed E-state index contributed by atoms with van der Waals surface area (Å²) < 4.78 is 0. The summed E-state index contributed by atoms with van der Waals surface area (Å²) in [6.07, 6.45) is 1.92. The average molecular weight is 283 g/mol. The van der Waals surface area contributed by atoms with E-state index in [1.54, 1.807) is 0 Å². The number of hydrogen-bond donors (Lipinski definition) is 0. The lowest BCUT2D eigenvalue weighted by atomic mass is 9.90. The molecule has 0 N–H and O–H groups in total. The van der Waals surface area contributed by atoms with E-state index in [9.17, 15) is 0 Å². The van der Waals surface area contributed by atoms with Crippen LogP contribution in [0.15, 0.2) is 79.0 Å². The maximum absolute atomic E-state index is 4.69. The molecular formula is C21H17N. The molecule has 4 aromatic rings. The summed E-state index contributed by atoms with van der Waals surface area (Å²) in [7, 11) is 0. The van der Waals surface area contributed by atoms with Crippen LogP contribution in [-0.2, 0) is 0 Å². The van der Waals surface area contributed by atoms with Gasteiger partial charge in [-0.15, -0.1) is 0 Å². The first-order chi connectivity index (χ1) is 10.8. The van der Waals surface area contributed by atoms with Gasteiger partial charge >= 0.3 is 0 Å². The van der Waals surface area contributed by atoms with E-state index in [2.05, 4.69) is 84.7 Å². The third kappa shape index (κ3) is 2.06. The third-order valence-corrected chi connectivity index (χ3v) is 4.40. The van der Waals surface area contributed by atoms with E-state index >= 15 is 0 Å². The van der Waals surface area contributed by atoms with Crippen molar-refractivity contribution in [1.29, 1.82) is 0 Å². The van der Waals surface area contributed by atoms with Crippen LogP contribution in [0.5, 0.6) is 0 Å². The number of benzene rings is 3. The monoisotopic (exact) mass is 283 g/mol. The van der Waals surface area contributed by atoms with Crippen molar-refractivity contribution in [2.24, 2.45) is 0 Å². The number of hydrogen-bond acceptors (Lipinski definition) is 1. The largest absolute Gasteiger partial charge is 0.260 e. The predicted molar refractivity (Wildman–Crippen MR) is 93.2 cm³/mol. The first kappa shape index (κ1) is 13.0. The van der Waals surface area contributed by atoms with E-state index in [1.807, 2.05) is 6.20 Å². The summed E-state index contributed by atoms with van der Waals surface area (Å²) in [6.45, 7) is 2.25. The molecule has 0 aliphatic rings. The molecule has 1 heterocycles. The highest BCUT2D eigenvalue weighted by molar-refractivity contribution is 5.89. The number of fused-ring (bicyclic) bond motifs is 2. The molecule has 0 amide bonds. The maximum atomic E-state index is 4.69. The van der Waals surface area contributed by atoms with Gasteiger partial charge in [0, 0.05) is 17.5 Å². The van der Waals surface area contributed by atoms with Crippen molar-refractivity contribution in [3.05, 3.63) is 90.3 Å². The molecule has 0 spiro atoms. The molecule has 3 aromatic carbocycles. The first-order valence-electron chi connectivity index (χ1n) is 7.66. The number of rotatable bonds is 2. The molecule has 0 bridgehead atoms. The van der Waals surface area contributed by atoms with Gasteiger partial charge in [-0.1, -0.05) is 73.7 Å². The Morgan fingerprint density at radius 1 is 0.682 bits per heavy atom. The SMILES string of the molecule is CC(c1cccc2ccccc12)c1nccc2ccccc12. The van der Waals surface area contributed by atoms with Crippen LogP contribution in [-0.4, -0.2) is 4.98 Å². The molecule has 0 fully saturated rings. The zero-order valence-corrected chi connectivity index (χ0v) is 12.5. The molecule has 0 aliphatic carbocycles. The number of pyridine rings is 1. The fourth-order valence-electron chi connectivity index (χ4n) is 3.26. The van der Waals surface area contributed by atoms with Crippen molar-refractivity contribution < 1.29 is 0 Å². The fourth-order valence-corrected chi connectivity index (χ4v) is 3.26. The van der Waals surface area contributed by atoms with Crippen molar-refractivity contribution in [3.63, 3.8) is 0 Å². The van der Waals surface area contributed by atoms with Crippen molar-refractivity contribution in [1.82, 2.24) is 4.98 Å². The van der Waals surface area contributed by atoms with Crippen LogP contribution in [0, 0.1) is 0 Å². The van der Waals surface area contributed by atoms with Gasteiger partial charge in [0.15, 0.2) is 0 Å². The Hall–Kier alpha value is -2.67. The van der Waals surface area contributed by atoms with E-state index in [-0.39, 0.29) is 5.92 Å². The van der Waals surface area contributed by atoms with E-state index in [0.29, 0.717) is 0 Å². The first-order valence-corrected chi connectivity index (χ1v) is 7.66. The normalized spacial score (nSPS) is 12.6. The van der Waals surface area contributed by atoms with Crippen LogP contribution in [0.1, 0.15) is 24.1 Å². The van der Waals surface area contributed by atoms with E-state index in [0.717, 1.165) is 5.69 Å². The van der Waals surface area contributed by atoms with Crippen LogP contribution in [0.25, 0.3) is 21.5 Å². The van der Waals surface area contributed by atoms with Gasteiger partial charge in [0.1, 0.15) is 0 Å². The van der Waals surface area contributed by atoms with Crippen molar-refractivity contribution >= 4 is 21.5 Å². The number of aromatic nitrogens is 1. The minimum Gasteiger partial charge on any atom is -0.260 e. The Bertz CT molecular complexity index is 866. The molecule has 1 nitrogen and oxygen atoms in total. The Balaban J connectivity index is 1.94. The smallest absolute Gasteiger partial charge is 0.0554 e. The van der Waals surface area contributed by atoms with Gasteiger partial charge in [0.2, 0.25) is 0 Å². The van der Waals surface area contributed by atoms with Gasteiger partial charge in [-0.05, 0) is 27.8 Å². The second-order valence-corrected chi connectivity index (χ2v) is 5.71. The fraction of sp³-hybridized carbons (Fsp3) is 0.0952. The van der Waals surface area contributed by atoms with E-state index in [1.165, 1.54) is 27.1 Å². The maximum Gasteiger partial charge on any atom is 0.0554 e. The quantitative estimate of drug-likeness (QED) is 0.470. The van der Waals surface area contributed by atoms with Gasteiger partial charge < -0.3 is 0 Å². The molecule has 22 heavy (non-hydrogen) atoms. The van der Waals surface area contributed by atoms with E-state index in [4.69, 9.17) is 0 Å². The van der Waals surface area contributed by atoms with Gasteiger partial charge in [0.05, 0.1) is 5.69 Å². The summed E-state index contributed by atoms with van der Waals surface area (Å²) in [5.74, 6) is 0.261. The predicted octanol–water partition coefficient (Wildman–Crippen LogP) is 5.54. The minimum absolute atomic E-state index is 0.261. The summed E-state index contributed by atoms with van der Waals surface area (Å²) in [5, 5.41) is 5.09. The summed E-state index contributed by atoms with van der Waals surface area (Å²) in [5.41, 5.74) is 2.48. The van der Waals surface area contributed by atoms with Gasteiger partial charge in [-0.25, -0.2) is 0 Å². The lowest BCUT2D eigenvalue weighted by Gasteiger charge is -2.16. The topological polar surface area (TPSA) is 12.9 Å². The number of nitrogens with zero attached hydrogens (tertiary/aromatic N) is 1. The Morgan fingerprint density at radius 3 is 2.14 bits per heavy atom. The summed E-state index contributed by atoms with van der Waals surface area (Å²) >= 11 is 0. The van der Waals surface area contributed by atoms with Gasteiger partial charge in [-0.2, -0.15) is 0 Å². The minimum atomic E-state index is 0.261. The summed E-state index contributed by atoms with van der Waals surface area (Å²) in [4.78, 5) is 4.69. The molecule has 0 saturated carbocycles. The molecule has 1 atom stereocenters. The molecular weight excluding hydrogens is 266 g/mol. The average Bonchev–Trinajstić information content (AvgIpc) is 2.60. The molecule has 4 rings (SSSR count). The highest BCUT2D eigenvalue weighted by atomic mass is 14.7. The van der Waals surface area contributed by atoms with Gasteiger partial charge in [-0.3, -0.25) is 4.98 Å². The summed E-state index contributed by atoms with van der Waals surface area (Å²) in [6, 6.07) is 25.6. The highest BCUT2D eigenvalue weighted by Gasteiger charge is 2.15. The zero-order valence-electron chi connectivity index (χ0n) is 12.5. The van der Waals surface area contributed by atoms with Crippen LogP contribution >= 0.6 is 0 Å². The van der Waals surface area contributed by atoms with Crippen LogP contribution < -0.4 is 0 Å². The third-order valence-electron chi connectivity index (χ3n) is 4.40. The molecule has 0 radical (unpaired) electrons. The zero-order chi connectivity index (χ0) is 14.9. The second kappa shape index (κ2) is 5.27. The molecule has 1 aromatic heterocycles. The van der Waals surface area contributed by atoms with Crippen molar-refractivity contribution in [3.8, 4) is 0 Å². The van der Waals surface area contributed by atoms with Crippen molar-refractivity contribution in [2.45, 2.75) is 12.8 Å². The molecule has 106 valence electrons. The van der Waals surface area contributed by atoms with Crippen LogP contribution in [0.4, 0.5) is 0 Å². The van der Waals surface area contributed by atoms with E-state index < -0.39 is 0 Å². The molecule has 1 unspecified atom stereocenters. The highest BCUT2D eigenvalue weighted by Crippen LogP contribution is 2.32. The molecule has 0 saturated heterocycles. The van der Waals surface area contributed by atoms with Gasteiger partial charge in [0.25, 0.3) is 0 Å². The molecule has 0 aliphatic heterocycles. The lowest BCUT2D eigenvalue weighted by molar-refractivity contribution is 0.893. The lowest BCUT2D eigenvalue weighted by Crippen LogP contribution is -2.01. The van der Waals surface area contributed by atoms with Crippen molar-refractivity contribution in [2.75, 3.05) is 0 Å². The van der Waals surface area contributed by atoms with Crippen LogP contribution in [0.3, 0.4) is 0 Å². The van der Waals surface area contributed by atoms with Crippen LogP contribution in [0.2, 0.25) is 0 Å². The second-order valence-electron chi connectivity index (χ2n) is 5.71. The Kier molecular flexibility index (Phi) is 3.12. The Labute approximate surface area is 130 Å². The molecule has 1 heteroatoms. The Morgan fingerprint density at radius 2 is 1.32 bits per heavy atom.